The Labute approximate surface area is 185 Å². The fourth-order valence-electron chi connectivity index (χ4n) is 3.51. The Morgan fingerprint density at radius 1 is 1.22 bits per heavy atom. The highest BCUT2D eigenvalue weighted by atomic mass is 32.2. The van der Waals surface area contributed by atoms with Gasteiger partial charge in [-0.15, -0.1) is 0 Å². The van der Waals surface area contributed by atoms with Gasteiger partial charge in [-0.2, -0.15) is 21.9 Å². The Morgan fingerprint density at radius 3 is 2.53 bits per heavy atom. The second-order valence-corrected chi connectivity index (χ2v) is 10.8. The number of halogens is 3. The van der Waals surface area contributed by atoms with Crippen molar-refractivity contribution in [3.8, 4) is 5.69 Å². The number of benzene rings is 2. The molecule has 32 heavy (non-hydrogen) atoms. The molecule has 4 rings (SSSR count). The standard InChI is InChI=1S/C21H18F3N3O3S2/c1-12-18-16-11-13(20(29)26-32(2,30)10-9-28)3-8-17(16)27(19(18)25-31-12)15-6-4-14(5-7-15)21(22,23)24/h3-8,11,28H,9-10H2,1-2H3. The van der Waals surface area contributed by atoms with E-state index in [1.54, 1.807) is 16.7 Å². The van der Waals surface area contributed by atoms with Crippen LogP contribution in [-0.2, 0) is 15.9 Å². The van der Waals surface area contributed by atoms with Gasteiger partial charge in [-0.25, -0.2) is 4.21 Å². The van der Waals surface area contributed by atoms with E-state index in [1.807, 2.05) is 6.92 Å². The average molecular weight is 482 g/mol. The minimum atomic E-state index is -4.43. The molecule has 1 unspecified atom stereocenters. The van der Waals surface area contributed by atoms with Gasteiger partial charge in [0.25, 0.3) is 5.91 Å². The molecule has 2 aromatic heterocycles. The van der Waals surface area contributed by atoms with Gasteiger partial charge in [0.1, 0.15) is 0 Å². The van der Waals surface area contributed by atoms with Crippen LogP contribution < -0.4 is 0 Å². The fraction of sp³-hybridized carbons (Fsp3) is 0.238. The molecule has 0 spiro atoms. The number of carbonyl (C=O) groups excluding carboxylic acids is 1. The molecule has 0 aliphatic carbocycles. The van der Waals surface area contributed by atoms with Crippen molar-refractivity contribution < 1.29 is 27.3 Å². The van der Waals surface area contributed by atoms with Gasteiger partial charge in [0.15, 0.2) is 5.65 Å². The number of fused-ring (bicyclic) bond motifs is 3. The maximum atomic E-state index is 13.0. The highest BCUT2D eigenvalue weighted by Gasteiger charge is 2.30. The van der Waals surface area contributed by atoms with Crippen LogP contribution in [0, 0.1) is 6.92 Å². The van der Waals surface area contributed by atoms with Crippen molar-refractivity contribution in [2.24, 2.45) is 4.36 Å². The van der Waals surface area contributed by atoms with Crippen molar-refractivity contribution in [2.45, 2.75) is 13.1 Å². The quantitative estimate of drug-likeness (QED) is 0.454. The van der Waals surface area contributed by atoms with E-state index in [-0.39, 0.29) is 17.9 Å². The number of amides is 1. The topological polar surface area (TPSA) is 84.6 Å². The van der Waals surface area contributed by atoms with Crippen molar-refractivity contribution in [1.29, 1.82) is 0 Å². The second kappa shape index (κ2) is 7.98. The van der Waals surface area contributed by atoms with Gasteiger partial charge < -0.3 is 5.11 Å². The number of hydrogen-bond donors (Lipinski definition) is 1. The van der Waals surface area contributed by atoms with Gasteiger partial charge >= 0.3 is 6.18 Å². The Bertz CT molecular complexity index is 1460. The van der Waals surface area contributed by atoms with Crippen molar-refractivity contribution in [1.82, 2.24) is 8.94 Å². The number of aryl methyl sites for hydroxylation is 1. The van der Waals surface area contributed by atoms with Gasteiger partial charge in [0.05, 0.1) is 33.2 Å². The Balaban J connectivity index is 1.89. The second-order valence-electron chi connectivity index (χ2n) is 7.33. The molecule has 0 aliphatic rings. The normalized spacial score (nSPS) is 14.1. The largest absolute Gasteiger partial charge is 0.416 e. The molecule has 2 heterocycles. The molecule has 0 radical (unpaired) electrons. The molecule has 0 saturated heterocycles. The predicted octanol–water partition coefficient (Wildman–Crippen LogP) is 4.80. The van der Waals surface area contributed by atoms with E-state index < -0.39 is 27.4 Å². The minimum absolute atomic E-state index is 0.108. The van der Waals surface area contributed by atoms with Crippen LogP contribution in [0.15, 0.2) is 46.8 Å². The first kappa shape index (κ1) is 22.4. The van der Waals surface area contributed by atoms with Crippen LogP contribution in [0.4, 0.5) is 13.2 Å². The highest BCUT2D eigenvalue weighted by Crippen LogP contribution is 2.37. The third kappa shape index (κ3) is 4.03. The van der Waals surface area contributed by atoms with Gasteiger partial charge in [-0.1, -0.05) is 0 Å². The summed E-state index contributed by atoms with van der Waals surface area (Å²) >= 11 is 1.25. The summed E-state index contributed by atoms with van der Waals surface area (Å²) in [4.78, 5) is 13.5. The molecular formula is C21H18F3N3O3S2. The summed E-state index contributed by atoms with van der Waals surface area (Å²) in [6, 6.07) is 9.62. The van der Waals surface area contributed by atoms with E-state index in [2.05, 4.69) is 8.74 Å². The maximum absolute atomic E-state index is 13.0. The van der Waals surface area contributed by atoms with Crippen LogP contribution in [0.2, 0.25) is 0 Å². The number of aromatic nitrogens is 2. The summed E-state index contributed by atoms with van der Waals surface area (Å²) in [5, 5.41) is 10.5. The predicted molar refractivity (Wildman–Crippen MR) is 119 cm³/mol. The molecule has 6 nitrogen and oxygen atoms in total. The summed E-state index contributed by atoms with van der Waals surface area (Å²) in [6.07, 6.45) is -3.12. The van der Waals surface area contributed by atoms with Gasteiger partial charge in [0.2, 0.25) is 0 Å². The van der Waals surface area contributed by atoms with Crippen LogP contribution in [0.25, 0.3) is 27.6 Å². The number of aliphatic hydroxyl groups excluding tert-OH is 1. The molecule has 1 N–H and O–H groups in total. The average Bonchev–Trinajstić information content (AvgIpc) is 3.24. The lowest BCUT2D eigenvalue weighted by molar-refractivity contribution is -0.137. The maximum Gasteiger partial charge on any atom is 0.416 e. The number of nitrogens with zero attached hydrogens (tertiary/aromatic N) is 3. The van der Waals surface area contributed by atoms with E-state index in [1.165, 1.54) is 36.0 Å². The molecule has 1 atom stereocenters. The summed E-state index contributed by atoms with van der Waals surface area (Å²) in [5.74, 6) is -0.771. The van der Waals surface area contributed by atoms with Crippen molar-refractivity contribution >= 4 is 49.1 Å². The third-order valence-corrected chi connectivity index (χ3v) is 7.24. The van der Waals surface area contributed by atoms with Crippen LogP contribution in [0.1, 0.15) is 20.8 Å². The van der Waals surface area contributed by atoms with Crippen LogP contribution >= 0.6 is 11.5 Å². The minimum Gasteiger partial charge on any atom is -0.395 e. The number of hydrogen-bond acceptors (Lipinski definition) is 5. The monoisotopic (exact) mass is 481 g/mol. The molecule has 168 valence electrons. The van der Waals surface area contributed by atoms with Gasteiger partial charge in [-0.3, -0.25) is 9.36 Å². The van der Waals surface area contributed by atoms with E-state index in [0.29, 0.717) is 22.2 Å². The Hall–Kier alpha value is -2.76. The molecule has 2 aromatic carbocycles. The zero-order chi connectivity index (χ0) is 23.3. The lowest BCUT2D eigenvalue weighted by Gasteiger charge is -2.10. The molecule has 11 heteroatoms. The van der Waals surface area contributed by atoms with Crippen LogP contribution in [-0.4, -0.2) is 42.8 Å². The molecule has 0 bridgehead atoms. The first-order valence-corrected chi connectivity index (χ1v) is 12.3. The number of alkyl halides is 3. The third-order valence-electron chi connectivity index (χ3n) is 5.01. The van der Waals surface area contributed by atoms with Crippen molar-refractivity contribution in [3.63, 3.8) is 0 Å². The molecular weight excluding hydrogens is 463 g/mol. The molecule has 1 amide bonds. The fourth-order valence-corrected chi connectivity index (χ4v) is 5.08. The van der Waals surface area contributed by atoms with Crippen molar-refractivity contribution in [2.75, 3.05) is 18.6 Å². The zero-order valence-corrected chi connectivity index (χ0v) is 18.6. The van der Waals surface area contributed by atoms with E-state index in [4.69, 9.17) is 5.11 Å². The number of aliphatic hydroxyl groups is 1. The number of rotatable bonds is 4. The van der Waals surface area contributed by atoms with E-state index >= 15 is 0 Å². The molecule has 4 aromatic rings. The zero-order valence-electron chi connectivity index (χ0n) is 17.0. The summed E-state index contributed by atoms with van der Waals surface area (Å²) < 4.78 is 61.2. The smallest absolute Gasteiger partial charge is 0.395 e. The SMILES string of the molecule is Cc1snc2c1c1cc(C(=O)N=S(C)(=O)CCO)ccc1n2-c1ccc(C(F)(F)F)cc1. The molecule has 0 saturated carbocycles. The summed E-state index contributed by atoms with van der Waals surface area (Å²) in [5.41, 5.74) is 1.23. The first-order chi connectivity index (χ1) is 15.0. The van der Waals surface area contributed by atoms with Gasteiger partial charge in [0, 0.05) is 33.2 Å². The van der Waals surface area contributed by atoms with Crippen LogP contribution in [0.3, 0.4) is 0 Å². The van der Waals surface area contributed by atoms with E-state index in [9.17, 15) is 22.2 Å². The first-order valence-electron chi connectivity index (χ1n) is 9.45. The van der Waals surface area contributed by atoms with Gasteiger partial charge in [-0.05, 0) is 60.9 Å². The molecule has 0 fully saturated rings. The van der Waals surface area contributed by atoms with E-state index in [0.717, 1.165) is 22.4 Å². The van der Waals surface area contributed by atoms with Crippen molar-refractivity contribution in [3.05, 3.63) is 58.5 Å². The number of carbonyl (C=O) groups is 1. The lowest BCUT2D eigenvalue weighted by atomic mass is 10.1. The molecule has 0 aliphatic heterocycles. The Kier molecular flexibility index (Phi) is 5.60. The van der Waals surface area contributed by atoms with Crippen LogP contribution in [0.5, 0.6) is 0 Å². The highest BCUT2D eigenvalue weighted by molar-refractivity contribution is 7.93. The summed E-state index contributed by atoms with van der Waals surface area (Å²) in [7, 11) is -2.86. The lowest BCUT2D eigenvalue weighted by Crippen LogP contribution is -2.10. The Morgan fingerprint density at radius 2 is 1.91 bits per heavy atom. The summed E-state index contributed by atoms with van der Waals surface area (Å²) in [6.45, 7) is 1.52.